The second-order valence-corrected chi connectivity index (χ2v) is 6.76. The van der Waals surface area contributed by atoms with Crippen LogP contribution in [0, 0.1) is 0 Å². The highest BCUT2D eigenvalue weighted by Gasteiger charge is 2.09. The Morgan fingerprint density at radius 1 is 0.920 bits per heavy atom. The summed E-state index contributed by atoms with van der Waals surface area (Å²) in [6.07, 6.45) is 3.33. The average molecular weight is 479 g/mol. The first-order chi connectivity index (χ1) is 11.8. The lowest BCUT2D eigenvalue weighted by molar-refractivity contribution is 0.642. The molecule has 0 spiro atoms. The zero-order chi connectivity index (χ0) is 16.4. The van der Waals surface area contributed by atoms with E-state index in [0.717, 1.165) is 26.2 Å². The van der Waals surface area contributed by atoms with Crippen LogP contribution in [0.15, 0.2) is 82.1 Å². The van der Waals surface area contributed by atoms with Gasteiger partial charge in [-0.2, -0.15) is 0 Å². The molecule has 0 N–H and O–H groups in total. The summed E-state index contributed by atoms with van der Waals surface area (Å²) < 4.78 is 4.86. The maximum Gasteiger partial charge on any atom is 0.210 e. The first-order valence-corrected chi connectivity index (χ1v) is 8.90. The SMILES string of the molecule is Br.Brc1ccc(N=c2scc(-c3ccccc3)n2-n2cnnc2)cc1. The minimum Gasteiger partial charge on any atom is -0.221 e. The lowest BCUT2D eigenvalue weighted by Crippen LogP contribution is -2.21. The molecule has 2 heterocycles. The van der Waals surface area contributed by atoms with Crippen molar-refractivity contribution in [2.75, 3.05) is 0 Å². The lowest BCUT2D eigenvalue weighted by Gasteiger charge is -2.08. The highest BCUT2D eigenvalue weighted by atomic mass is 79.9. The third-order valence-electron chi connectivity index (χ3n) is 3.44. The molecule has 0 saturated heterocycles. The molecule has 0 amide bonds. The maximum absolute atomic E-state index is 4.77. The maximum atomic E-state index is 4.77. The Morgan fingerprint density at radius 3 is 2.28 bits per heavy atom. The normalized spacial score (nSPS) is 11.3. The van der Waals surface area contributed by atoms with E-state index in [0.29, 0.717) is 0 Å². The Labute approximate surface area is 167 Å². The summed E-state index contributed by atoms with van der Waals surface area (Å²) in [5.41, 5.74) is 3.04. The van der Waals surface area contributed by atoms with Crippen LogP contribution in [-0.2, 0) is 0 Å². The zero-order valence-corrected chi connectivity index (χ0v) is 17.0. The van der Waals surface area contributed by atoms with E-state index in [1.54, 1.807) is 24.0 Å². The second kappa shape index (κ2) is 7.90. The van der Waals surface area contributed by atoms with E-state index in [9.17, 15) is 0 Å². The molecule has 126 valence electrons. The standard InChI is InChI=1S/C17H12BrN5S.BrH/c18-14-6-8-15(9-7-14)21-17-23(22-11-19-20-12-22)16(10-24-17)13-4-2-1-3-5-13;/h1-12H;1H. The first kappa shape index (κ1) is 17.8. The first-order valence-electron chi connectivity index (χ1n) is 7.23. The van der Waals surface area contributed by atoms with Crippen LogP contribution < -0.4 is 4.80 Å². The number of aromatic nitrogens is 4. The Morgan fingerprint density at radius 2 is 1.60 bits per heavy atom. The van der Waals surface area contributed by atoms with Crippen LogP contribution >= 0.6 is 44.2 Å². The Kier molecular flexibility index (Phi) is 5.62. The van der Waals surface area contributed by atoms with Crippen molar-refractivity contribution < 1.29 is 0 Å². The Balaban J connectivity index is 0.00000182. The van der Waals surface area contributed by atoms with Gasteiger partial charge in [0, 0.05) is 15.4 Å². The van der Waals surface area contributed by atoms with Gasteiger partial charge < -0.3 is 0 Å². The summed E-state index contributed by atoms with van der Waals surface area (Å²) in [5, 5.41) is 9.93. The molecule has 4 aromatic rings. The summed E-state index contributed by atoms with van der Waals surface area (Å²) in [4.78, 5) is 5.61. The van der Waals surface area contributed by atoms with Crippen LogP contribution in [0.1, 0.15) is 0 Å². The second-order valence-electron chi connectivity index (χ2n) is 5.01. The molecule has 2 aromatic heterocycles. The minimum atomic E-state index is 0. The molecule has 0 bridgehead atoms. The minimum absolute atomic E-state index is 0. The topological polar surface area (TPSA) is 48.0 Å². The van der Waals surface area contributed by atoms with Gasteiger partial charge in [0.25, 0.3) is 0 Å². The van der Waals surface area contributed by atoms with E-state index < -0.39 is 0 Å². The smallest absolute Gasteiger partial charge is 0.210 e. The Bertz CT molecular complexity index is 1010. The number of thiazole rings is 1. The van der Waals surface area contributed by atoms with Crippen molar-refractivity contribution in [2.45, 2.75) is 0 Å². The summed E-state index contributed by atoms with van der Waals surface area (Å²) in [6.45, 7) is 0. The van der Waals surface area contributed by atoms with Gasteiger partial charge >= 0.3 is 0 Å². The number of hydrogen-bond acceptors (Lipinski definition) is 4. The van der Waals surface area contributed by atoms with Crippen molar-refractivity contribution in [1.82, 2.24) is 19.5 Å². The molecule has 25 heavy (non-hydrogen) atoms. The van der Waals surface area contributed by atoms with Crippen LogP contribution in [0.3, 0.4) is 0 Å². The van der Waals surface area contributed by atoms with Gasteiger partial charge in [0.15, 0.2) is 0 Å². The molecule has 2 aromatic carbocycles. The van der Waals surface area contributed by atoms with Crippen molar-refractivity contribution in [2.24, 2.45) is 4.99 Å². The van der Waals surface area contributed by atoms with Crippen molar-refractivity contribution in [3.63, 3.8) is 0 Å². The molecule has 0 radical (unpaired) electrons. The van der Waals surface area contributed by atoms with Crippen LogP contribution in [0.5, 0.6) is 0 Å². The van der Waals surface area contributed by atoms with E-state index in [1.807, 2.05) is 51.8 Å². The summed E-state index contributed by atoms with van der Waals surface area (Å²) >= 11 is 5.02. The van der Waals surface area contributed by atoms with Gasteiger partial charge in [0.2, 0.25) is 4.80 Å². The molecule has 0 atom stereocenters. The number of hydrogen-bond donors (Lipinski definition) is 0. The van der Waals surface area contributed by atoms with Gasteiger partial charge in [-0.05, 0) is 24.3 Å². The van der Waals surface area contributed by atoms with Crippen molar-refractivity contribution in [1.29, 1.82) is 0 Å². The van der Waals surface area contributed by atoms with Crippen LogP contribution in [0.4, 0.5) is 5.69 Å². The van der Waals surface area contributed by atoms with Crippen molar-refractivity contribution in [3.8, 4) is 11.3 Å². The summed E-state index contributed by atoms with van der Waals surface area (Å²) in [6, 6.07) is 18.1. The van der Waals surface area contributed by atoms with Gasteiger partial charge in [-0.3, -0.25) is 0 Å². The predicted molar refractivity (Wildman–Crippen MR) is 108 cm³/mol. The third-order valence-corrected chi connectivity index (χ3v) is 4.79. The quantitative estimate of drug-likeness (QED) is 0.428. The van der Waals surface area contributed by atoms with Gasteiger partial charge in [0.05, 0.1) is 11.4 Å². The molecule has 0 aliphatic heterocycles. The molecule has 5 nitrogen and oxygen atoms in total. The third kappa shape index (κ3) is 3.81. The van der Waals surface area contributed by atoms with E-state index in [-0.39, 0.29) is 17.0 Å². The zero-order valence-electron chi connectivity index (χ0n) is 12.9. The molecule has 0 aliphatic rings. The van der Waals surface area contributed by atoms with Crippen LogP contribution in [0.2, 0.25) is 0 Å². The molecule has 0 aliphatic carbocycles. The summed E-state index contributed by atoms with van der Waals surface area (Å²) in [7, 11) is 0. The fourth-order valence-corrected chi connectivity index (χ4v) is 3.50. The molecule has 8 heteroatoms. The average Bonchev–Trinajstić information content (AvgIpc) is 3.27. The van der Waals surface area contributed by atoms with E-state index >= 15 is 0 Å². The number of nitrogens with zero attached hydrogens (tertiary/aromatic N) is 5. The van der Waals surface area contributed by atoms with Crippen LogP contribution in [0.25, 0.3) is 11.3 Å². The van der Waals surface area contributed by atoms with Crippen LogP contribution in [-0.4, -0.2) is 19.5 Å². The lowest BCUT2D eigenvalue weighted by atomic mass is 10.2. The number of benzene rings is 2. The number of rotatable bonds is 3. The van der Waals surface area contributed by atoms with Gasteiger partial charge in [-0.25, -0.2) is 14.3 Å². The molecule has 0 unspecified atom stereocenters. The molecular formula is C17H13Br2N5S. The predicted octanol–water partition coefficient (Wildman–Crippen LogP) is 4.69. The fourth-order valence-electron chi connectivity index (χ4n) is 2.33. The number of halogens is 2. The molecule has 4 rings (SSSR count). The van der Waals surface area contributed by atoms with Gasteiger partial charge in [-0.1, -0.05) is 46.3 Å². The largest absolute Gasteiger partial charge is 0.221 e. The monoisotopic (exact) mass is 477 g/mol. The van der Waals surface area contributed by atoms with Crippen molar-refractivity contribution in [3.05, 3.63) is 81.9 Å². The fraction of sp³-hybridized carbons (Fsp3) is 0. The Hall–Kier alpha value is -2.03. The van der Waals surface area contributed by atoms with Gasteiger partial charge in [-0.15, -0.1) is 38.5 Å². The van der Waals surface area contributed by atoms with Gasteiger partial charge in [0.1, 0.15) is 12.7 Å². The molecule has 0 saturated carbocycles. The van der Waals surface area contributed by atoms with E-state index in [4.69, 9.17) is 4.99 Å². The van der Waals surface area contributed by atoms with Crippen molar-refractivity contribution >= 4 is 49.9 Å². The van der Waals surface area contributed by atoms with E-state index in [2.05, 4.69) is 43.6 Å². The van der Waals surface area contributed by atoms with E-state index in [1.165, 1.54) is 0 Å². The highest BCUT2D eigenvalue weighted by molar-refractivity contribution is 9.10. The molecular weight excluding hydrogens is 466 g/mol. The summed E-state index contributed by atoms with van der Waals surface area (Å²) in [5.74, 6) is 0. The highest BCUT2D eigenvalue weighted by Crippen LogP contribution is 2.21. The molecule has 0 fully saturated rings.